The van der Waals surface area contributed by atoms with E-state index in [1.165, 1.54) is 0 Å². The van der Waals surface area contributed by atoms with Crippen LogP contribution in [-0.4, -0.2) is 100 Å². The van der Waals surface area contributed by atoms with Crippen molar-refractivity contribution in [2.24, 2.45) is 17.8 Å². The van der Waals surface area contributed by atoms with E-state index in [4.69, 9.17) is 4.74 Å². The number of fused-ring (bicyclic) bond motifs is 1. The molecule has 0 radical (unpaired) electrons. The molecule has 4 aliphatic rings. The van der Waals surface area contributed by atoms with Crippen LogP contribution in [0.4, 0.5) is 5.69 Å². The normalized spacial score (nSPS) is 33.4. The second-order valence-corrected chi connectivity index (χ2v) is 13.5. The van der Waals surface area contributed by atoms with Gasteiger partial charge in [-0.1, -0.05) is 32.0 Å². The Morgan fingerprint density at radius 2 is 1.87 bits per heavy atom. The average Bonchev–Trinajstić information content (AvgIpc) is 3.46. The first kappa shape index (κ1) is 27.4. The summed E-state index contributed by atoms with van der Waals surface area (Å²) in [4.78, 5) is 45.8. The highest BCUT2D eigenvalue weighted by atomic mass is 32.2. The second kappa shape index (κ2) is 10.8. The average molecular weight is 545 g/mol. The lowest BCUT2D eigenvalue weighted by molar-refractivity contribution is -0.143. The van der Waals surface area contributed by atoms with E-state index in [0.29, 0.717) is 38.4 Å². The fourth-order valence-electron chi connectivity index (χ4n) is 7.04. The van der Waals surface area contributed by atoms with E-state index in [2.05, 4.69) is 22.5 Å². The number of para-hydroxylation sites is 1. The zero-order chi connectivity index (χ0) is 27.1. The van der Waals surface area contributed by atoms with Crippen LogP contribution in [0, 0.1) is 17.8 Å². The molecular weight excluding hydrogens is 504 g/mol. The summed E-state index contributed by atoms with van der Waals surface area (Å²) in [6.45, 7) is 10.00. The molecule has 6 atom stereocenters. The maximum atomic E-state index is 14.2. The van der Waals surface area contributed by atoms with Gasteiger partial charge in [-0.25, -0.2) is 0 Å². The quantitative estimate of drug-likeness (QED) is 0.433. The van der Waals surface area contributed by atoms with Crippen molar-refractivity contribution in [3.63, 3.8) is 0 Å². The van der Waals surface area contributed by atoms with Gasteiger partial charge in [0.2, 0.25) is 17.7 Å². The standard InChI is InChI=1S/C28H40N4O5S/c1-18(2)20(17-33)32-23(25(35)29-11-12-31-13-15-37-16-14-31)28-10-9-27(3,38-28)21(22(28)26(32)36)24(34)30-19-7-5-4-6-8-19/h4-8,18,20-23,33H,9-17H2,1-3H3,(H,29,35)(H,30,34)/t20-,21-,22-,23?,27+,28?/m0/s1. The van der Waals surface area contributed by atoms with Crippen LogP contribution >= 0.6 is 11.8 Å². The first-order valence-corrected chi connectivity index (χ1v) is 14.6. The molecule has 2 bridgehead atoms. The summed E-state index contributed by atoms with van der Waals surface area (Å²) >= 11 is 1.65. The molecule has 5 rings (SSSR count). The van der Waals surface area contributed by atoms with Gasteiger partial charge in [0, 0.05) is 36.6 Å². The number of likely N-dealkylation sites (tertiary alicyclic amines) is 1. The van der Waals surface area contributed by atoms with Gasteiger partial charge < -0.3 is 25.4 Å². The molecule has 1 spiro atoms. The van der Waals surface area contributed by atoms with Crippen LogP contribution in [0.3, 0.4) is 0 Å². The number of hydrogen-bond donors (Lipinski definition) is 3. The van der Waals surface area contributed by atoms with Crippen molar-refractivity contribution >= 4 is 35.2 Å². The van der Waals surface area contributed by atoms with Crippen molar-refractivity contribution in [2.75, 3.05) is 51.3 Å². The van der Waals surface area contributed by atoms with Gasteiger partial charge in [-0.3, -0.25) is 19.3 Å². The number of anilines is 1. The molecule has 208 valence electrons. The molecule has 3 N–H and O–H groups in total. The molecule has 10 heteroatoms. The van der Waals surface area contributed by atoms with E-state index >= 15 is 0 Å². The van der Waals surface area contributed by atoms with Gasteiger partial charge in [-0.2, -0.15) is 0 Å². The van der Waals surface area contributed by atoms with E-state index in [-0.39, 0.29) is 30.2 Å². The number of amides is 3. The number of rotatable bonds is 9. The van der Waals surface area contributed by atoms with Crippen molar-refractivity contribution in [3.8, 4) is 0 Å². The summed E-state index contributed by atoms with van der Waals surface area (Å²) in [5.74, 6) is -1.77. The Hall–Kier alpha value is -2.14. The Morgan fingerprint density at radius 1 is 1.16 bits per heavy atom. The minimum atomic E-state index is -0.731. The number of ether oxygens (including phenoxy) is 1. The predicted octanol–water partition coefficient (Wildman–Crippen LogP) is 1.57. The fourth-order valence-corrected chi connectivity index (χ4v) is 9.38. The fraction of sp³-hybridized carbons (Fsp3) is 0.679. The number of morpholine rings is 1. The molecule has 1 aromatic carbocycles. The Balaban J connectivity index is 1.43. The molecule has 9 nitrogen and oxygen atoms in total. The van der Waals surface area contributed by atoms with Crippen LogP contribution in [0.5, 0.6) is 0 Å². The molecule has 4 aliphatic heterocycles. The summed E-state index contributed by atoms with van der Waals surface area (Å²) in [5.41, 5.74) is 0.693. The highest BCUT2D eigenvalue weighted by molar-refractivity contribution is 8.02. The summed E-state index contributed by atoms with van der Waals surface area (Å²) < 4.78 is 4.28. The molecule has 3 amide bonds. The molecule has 2 unspecified atom stereocenters. The number of carbonyl (C=O) groups excluding carboxylic acids is 3. The van der Waals surface area contributed by atoms with Gasteiger partial charge in [-0.15, -0.1) is 11.8 Å². The monoisotopic (exact) mass is 544 g/mol. The van der Waals surface area contributed by atoms with E-state index < -0.39 is 33.4 Å². The Kier molecular flexibility index (Phi) is 7.79. The summed E-state index contributed by atoms with van der Waals surface area (Å²) in [7, 11) is 0. The third-order valence-electron chi connectivity index (χ3n) is 8.93. The molecule has 4 saturated heterocycles. The van der Waals surface area contributed by atoms with Crippen LogP contribution in [-0.2, 0) is 19.1 Å². The minimum Gasteiger partial charge on any atom is -0.394 e. The number of nitrogens with zero attached hydrogens (tertiary/aromatic N) is 2. The third-order valence-corrected chi connectivity index (χ3v) is 10.9. The van der Waals surface area contributed by atoms with Crippen LogP contribution in [0.2, 0.25) is 0 Å². The Labute approximate surface area is 229 Å². The topological polar surface area (TPSA) is 111 Å². The molecule has 4 heterocycles. The number of carbonyl (C=O) groups is 3. The first-order valence-electron chi connectivity index (χ1n) is 13.8. The summed E-state index contributed by atoms with van der Waals surface area (Å²) in [6.07, 6.45) is 1.44. The lowest BCUT2D eigenvalue weighted by atomic mass is 9.66. The van der Waals surface area contributed by atoms with E-state index in [9.17, 15) is 19.5 Å². The van der Waals surface area contributed by atoms with Crippen LogP contribution in [0.15, 0.2) is 30.3 Å². The predicted molar refractivity (Wildman–Crippen MR) is 147 cm³/mol. The zero-order valence-corrected chi connectivity index (χ0v) is 23.3. The number of thioether (sulfide) groups is 1. The number of aliphatic hydroxyl groups excluding tert-OH is 1. The maximum absolute atomic E-state index is 14.2. The largest absolute Gasteiger partial charge is 0.394 e. The summed E-state index contributed by atoms with van der Waals surface area (Å²) in [5, 5.41) is 16.5. The minimum absolute atomic E-state index is 0.0443. The smallest absolute Gasteiger partial charge is 0.244 e. The molecule has 0 aromatic heterocycles. The van der Waals surface area contributed by atoms with Gasteiger partial charge >= 0.3 is 0 Å². The highest BCUT2D eigenvalue weighted by Gasteiger charge is 2.77. The van der Waals surface area contributed by atoms with Crippen molar-refractivity contribution in [1.82, 2.24) is 15.1 Å². The lowest BCUT2D eigenvalue weighted by Gasteiger charge is -2.38. The molecule has 0 saturated carbocycles. The molecule has 0 aliphatic carbocycles. The molecule has 4 fully saturated rings. The van der Waals surface area contributed by atoms with E-state index in [1.54, 1.807) is 16.7 Å². The molecule has 1 aromatic rings. The van der Waals surface area contributed by atoms with Crippen LogP contribution < -0.4 is 10.6 Å². The number of hydrogen-bond acceptors (Lipinski definition) is 7. The summed E-state index contributed by atoms with van der Waals surface area (Å²) in [6, 6.07) is 8.06. The van der Waals surface area contributed by atoms with Crippen LogP contribution in [0.25, 0.3) is 0 Å². The number of benzene rings is 1. The van der Waals surface area contributed by atoms with Crippen molar-refractivity contribution in [3.05, 3.63) is 30.3 Å². The van der Waals surface area contributed by atoms with Crippen molar-refractivity contribution < 1.29 is 24.2 Å². The highest BCUT2D eigenvalue weighted by Crippen LogP contribution is 2.71. The molecule has 38 heavy (non-hydrogen) atoms. The van der Waals surface area contributed by atoms with Gasteiger partial charge in [0.25, 0.3) is 0 Å². The van der Waals surface area contributed by atoms with E-state index in [1.807, 2.05) is 44.2 Å². The van der Waals surface area contributed by atoms with Crippen molar-refractivity contribution in [2.45, 2.75) is 55.2 Å². The van der Waals surface area contributed by atoms with E-state index in [0.717, 1.165) is 19.5 Å². The SMILES string of the molecule is CC(C)[C@H](CO)N1C(=O)[C@@H]2[C@@H](C(=O)Nc3ccccc3)[C@@]3(C)CCC2(S3)C1C(=O)NCCN1CCOCC1. The third kappa shape index (κ3) is 4.63. The lowest BCUT2D eigenvalue weighted by Crippen LogP contribution is -2.58. The van der Waals surface area contributed by atoms with Crippen LogP contribution in [0.1, 0.15) is 33.6 Å². The van der Waals surface area contributed by atoms with Gasteiger partial charge in [-0.05, 0) is 37.8 Å². The second-order valence-electron chi connectivity index (χ2n) is 11.6. The van der Waals surface area contributed by atoms with Crippen molar-refractivity contribution in [1.29, 1.82) is 0 Å². The van der Waals surface area contributed by atoms with Gasteiger partial charge in [0.05, 0.1) is 42.4 Å². The molecular formula is C28H40N4O5S. The van der Waals surface area contributed by atoms with Gasteiger partial charge in [0.15, 0.2) is 0 Å². The maximum Gasteiger partial charge on any atom is 0.244 e. The first-order chi connectivity index (χ1) is 18.2. The number of nitrogens with one attached hydrogen (secondary N) is 2. The number of aliphatic hydroxyl groups is 1. The Bertz CT molecular complexity index is 1050. The zero-order valence-electron chi connectivity index (χ0n) is 22.5. The Morgan fingerprint density at radius 3 is 2.53 bits per heavy atom. The van der Waals surface area contributed by atoms with Gasteiger partial charge in [0.1, 0.15) is 6.04 Å².